The maximum atomic E-state index is 12.6. The van der Waals surface area contributed by atoms with Gasteiger partial charge in [-0.1, -0.05) is 37.0 Å². The Morgan fingerprint density at radius 2 is 1.97 bits per heavy atom. The van der Waals surface area contributed by atoms with E-state index in [1.54, 1.807) is 0 Å². The zero-order valence-corrected chi connectivity index (χ0v) is 17.5. The van der Waals surface area contributed by atoms with Crippen molar-refractivity contribution in [1.82, 2.24) is 9.88 Å². The van der Waals surface area contributed by atoms with Crippen LogP contribution in [-0.2, 0) is 6.42 Å². The first-order valence-corrected chi connectivity index (χ1v) is 10.8. The van der Waals surface area contributed by atoms with Crippen molar-refractivity contribution in [3.63, 3.8) is 0 Å². The third-order valence-corrected chi connectivity index (χ3v) is 6.24. The number of hydrogen-bond acceptors (Lipinski definition) is 2. The van der Waals surface area contributed by atoms with Crippen molar-refractivity contribution >= 4 is 22.5 Å². The molecule has 1 fully saturated rings. The largest absolute Gasteiger partial charge is 0.361 e. The predicted octanol–water partition coefficient (Wildman–Crippen LogP) is 5.54. The molecule has 3 aromatic rings. The molecule has 4 rings (SSSR count). The van der Waals surface area contributed by atoms with Gasteiger partial charge in [0.15, 0.2) is 0 Å². The van der Waals surface area contributed by atoms with Crippen molar-refractivity contribution < 1.29 is 4.79 Å². The number of carbonyl (C=O) groups excluding carboxylic acids is 1. The Labute approximate surface area is 173 Å². The number of fused-ring (bicyclic) bond motifs is 1. The van der Waals surface area contributed by atoms with Gasteiger partial charge in [-0.25, -0.2) is 0 Å². The van der Waals surface area contributed by atoms with E-state index in [4.69, 9.17) is 0 Å². The van der Waals surface area contributed by atoms with Crippen molar-refractivity contribution in [2.75, 3.05) is 18.9 Å². The first-order valence-electron chi connectivity index (χ1n) is 10.8. The molecule has 0 saturated heterocycles. The number of rotatable bonds is 6. The quantitative estimate of drug-likeness (QED) is 0.582. The van der Waals surface area contributed by atoms with Gasteiger partial charge in [0.2, 0.25) is 0 Å². The number of carbonyl (C=O) groups is 1. The minimum atomic E-state index is -0.0674. The molecule has 2 N–H and O–H groups in total. The Morgan fingerprint density at radius 3 is 2.76 bits per heavy atom. The molecule has 2 aromatic carbocycles. The number of hydrogen-bond donors (Lipinski definition) is 2. The topological polar surface area (TPSA) is 48.1 Å². The SMILES string of the molecule is Cc1cccc(C(=O)Nc2ccc3[nH]cc(CCN(C)C4CCCCC4)c3c2)c1. The molecule has 152 valence electrons. The van der Waals surface area contributed by atoms with Crippen molar-refractivity contribution in [3.8, 4) is 0 Å². The highest BCUT2D eigenvalue weighted by atomic mass is 16.1. The number of aromatic nitrogens is 1. The van der Waals surface area contributed by atoms with Crippen LogP contribution in [0.3, 0.4) is 0 Å². The molecule has 1 amide bonds. The van der Waals surface area contributed by atoms with Crippen LogP contribution < -0.4 is 5.32 Å². The van der Waals surface area contributed by atoms with E-state index < -0.39 is 0 Å². The number of aryl methyl sites for hydroxylation is 1. The van der Waals surface area contributed by atoms with E-state index >= 15 is 0 Å². The summed E-state index contributed by atoms with van der Waals surface area (Å²) in [6.45, 7) is 3.07. The van der Waals surface area contributed by atoms with E-state index in [0.29, 0.717) is 5.56 Å². The van der Waals surface area contributed by atoms with Crippen LogP contribution in [0.2, 0.25) is 0 Å². The summed E-state index contributed by atoms with van der Waals surface area (Å²) in [5.41, 5.74) is 5.05. The number of anilines is 1. The van der Waals surface area contributed by atoms with Gasteiger partial charge >= 0.3 is 0 Å². The van der Waals surface area contributed by atoms with Gasteiger partial charge in [-0.05, 0) is 69.1 Å². The lowest BCUT2D eigenvalue weighted by Gasteiger charge is -2.31. The molecule has 1 saturated carbocycles. The fraction of sp³-hybridized carbons (Fsp3) is 0.400. The molecule has 1 aliphatic rings. The molecular formula is C25H31N3O. The summed E-state index contributed by atoms with van der Waals surface area (Å²) in [5, 5.41) is 4.25. The predicted molar refractivity (Wildman–Crippen MR) is 121 cm³/mol. The van der Waals surface area contributed by atoms with Gasteiger partial charge in [0, 0.05) is 40.9 Å². The molecule has 1 aromatic heterocycles. The summed E-state index contributed by atoms with van der Waals surface area (Å²) >= 11 is 0. The van der Waals surface area contributed by atoms with Gasteiger partial charge in [-0.3, -0.25) is 4.79 Å². The highest BCUT2D eigenvalue weighted by Gasteiger charge is 2.18. The van der Waals surface area contributed by atoms with Crippen LogP contribution in [0, 0.1) is 6.92 Å². The van der Waals surface area contributed by atoms with Gasteiger partial charge < -0.3 is 15.2 Å². The number of amides is 1. The molecule has 29 heavy (non-hydrogen) atoms. The third-order valence-electron chi connectivity index (χ3n) is 6.24. The van der Waals surface area contributed by atoms with E-state index in [-0.39, 0.29) is 5.91 Å². The van der Waals surface area contributed by atoms with Crippen molar-refractivity contribution in [1.29, 1.82) is 0 Å². The normalized spacial score (nSPS) is 15.1. The lowest BCUT2D eigenvalue weighted by Crippen LogP contribution is -2.34. The van der Waals surface area contributed by atoms with Gasteiger partial charge in [0.25, 0.3) is 5.91 Å². The highest BCUT2D eigenvalue weighted by Crippen LogP contribution is 2.25. The fourth-order valence-electron chi connectivity index (χ4n) is 4.45. The number of H-pyrrole nitrogens is 1. The van der Waals surface area contributed by atoms with E-state index in [0.717, 1.165) is 35.8 Å². The summed E-state index contributed by atoms with van der Waals surface area (Å²) < 4.78 is 0. The standard InChI is InChI=1S/C25H31N3O/c1-18-7-6-8-19(15-18)25(29)27-21-11-12-24-23(16-21)20(17-26-24)13-14-28(2)22-9-4-3-5-10-22/h6-8,11-12,15-17,22,26H,3-5,9-10,13-14H2,1-2H3,(H,27,29). The monoisotopic (exact) mass is 389 g/mol. The molecule has 1 heterocycles. The summed E-state index contributed by atoms with van der Waals surface area (Å²) in [5.74, 6) is -0.0674. The Kier molecular flexibility index (Phi) is 6.00. The van der Waals surface area contributed by atoms with Gasteiger partial charge in [0.1, 0.15) is 0 Å². The van der Waals surface area contributed by atoms with Gasteiger partial charge in [-0.15, -0.1) is 0 Å². The zero-order chi connectivity index (χ0) is 20.2. The molecule has 4 heteroatoms. The average Bonchev–Trinajstić information content (AvgIpc) is 3.15. The molecule has 0 atom stereocenters. The van der Waals surface area contributed by atoms with Crippen molar-refractivity contribution in [3.05, 3.63) is 65.4 Å². The second-order valence-electron chi connectivity index (χ2n) is 8.42. The van der Waals surface area contributed by atoms with Crippen LogP contribution in [0.25, 0.3) is 10.9 Å². The minimum Gasteiger partial charge on any atom is -0.361 e. The second kappa shape index (κ2) is 8.83. The lowest BCUT2D eigenvalue weighted by molar-refractivity contribution is 0.102. The molecule has 0 spiro atoms. The van der Waals surface area contributed by atoms with Crippen molar-refractivity contribution in [2.24, 2.45) is 0 Å². The summed E-state index contributed by atoms with van der Waals surface area (Å²) in [7, 11) is 2.26. The Morgan fingerprint density at radius 1 is 1.14 bits per heavy atom. The average molecular weight is 390 g/mol. The van der Waals surface area contributed by atoms with E-state index in [1.807, 2.05) is 37.3 Å². The summed E-state index contributed by atoms with van der Waals surface area (Å²) in [4.78, 5) is 18.5. The number of aromatic amines is 1. The van der Waals surface area contributed by atoms with E-state index in [2.05, 4.69) is 40.6 Å². The zero-order valence-electron chi connectivity index (χ0n) is 17.5. The van der Waals surface area contributed by atoms with Crippen LogP contribution in [0.4, 0.5) is 5.69 Å². The maximum Gasteiger partial charge on any atom is 0.255 e. The summed E-state index contributed by atoms with van der Waals surface area (Å²) in [6.07, 6.45) is 9.93. The first-order chi connectivity index (χ1) is 14.1. The van der Waals surface area contributed by atoms with E-state index in [9.17, 15) is 4.79 Å². The highest BCUT2D eigenvalue weighted by molar-refractivity contribution is 6.05. The van der Waals surface area contributed by atoms with Crippen LogP contribution in [0.15, 0.2) is 48.7 Å². The van der Waals surface area contributed by atoms with E-state index in [1.165, 1.54) is 43.1 Å². The molecule has 0 aliphatic heterocycles. The maximum absolute atomic E-state index is 12.6. The number of likely N-dealkylation sites (N-methyl/N-ethyl adjacent to an activating group) is 1. The van der Waals surface area contributed by atoms with Crippen LogP contribution in [-0.4, -0.2) is 35.4 Å². The molecule has 4 nitrogen and oxygen atoms in total. The molecular weight excluding hydrogens is 358 g/mol. The minimum absolute atomic E-state index is 0.0674. The molecule has 0 radical (unpaired) electrons. The molecule has 0 unspecified atom stereocenters. The Bertz CT molecular complexity index is 985. The van der Waals surface area contributed by atoms with Crippen LogP contribution in [0.5, 0.6) is 0 Å². The number of benzene rings is 2. The van der Waals surface area contributed by atoms with Gasteiger partial charge in [0.05, 0.1) is 0 Å². The fourth-order valence-corrected chi connectivity index (χ4v) is 4.45. The summed E-state index contributed by atoms with van der Waals surface area (Å²) in [6, 6.07) is 14.5. The van der Waals surface area contributed by atoms with Gasteiger partial charge in [-0.2, -0.15) is 0 Å². The lowest BCUT2D eigenvalue weighted by atomic mass is 9.94. The van der Waals surface area contributed by atoms with Crippen molar-refractivity contribution in [2.45, 2.75) is 51.5 Å². The smallest absolute Gasteiger partial charge is 0.255 e. The molecule has 0 bridgehead atoms. The number of nitrogens with zero attached hydrogens (tertiary/aromatic N) is 1. The van der Waals surface area contributed by atoms with Crippen LogP contribution >= 0.6 is 0 Å². The third kappa shape index (κ3) is 4.70. The Hall–Kier alpha value is -2.59. The molecule has 1 aliphatic carbocycles. The number of nitrogens with one attached hydrogen (secondary N) is 2. The van der Waals surface area contributed by atoms with Crippen LogP contribution in [0.1, 0.15) is 53.6 Å². The Balaban J connectivity index is 1.45. The second-order valence-corrected chi connectivity index (χ2v) is 8.42. The first kappa shape index (κ1) is 19.7.